The molecular weight excluding hydrogens is 1050 g/mol. The van der Waals surface area contributed by atoms with Crippen molar-refractivity contribution in [3.8, 4) is 23.0 Å². The van der Waals surface area contributed by atoms with Crippen LogP contribution < -0.4 is 33.6 Å². The number of carbonyl (C=O) groups is 8. The van der Waals surface area contributed by atoms with Gasteiger partial charge in [0, 0.05) is 65.5 Å². The van der Waals surface area contributed by atoms with E-state index >= 15 is 0 Å². The van der Waals surface area contributed by atoms with Gasteiger partial charge in [0.05, 0.1) is 33.7 Å². The molecule has 0 spiro atoms. The summed E-state index contributed by atoms with van der Waals surface area (Å²) in [6, 6.07) is 40.3. The molecule has 79 heavy (non-hydrogen) atoms. The topological polar surface area (TPSA) is 183 Å². The molecule has 0 unspecified atom stereocenters. The van der Waals surface area contributed by atoms with Gasteiger partial charge in [-0.25, -0.2) is 4.79 Å². The Kier molecular flexibility index (Phi) is 18.1. The summed E-state index contributed by atoms with van der Waals surface area (Å²) >= 11 is 7.16. The number of methoxy groups -OCH3 is 1. The lowest BCUT2D eigenvalue weighted by molar-refractivity contribution is -0.145. The van der Waals surface area contributed by atoms with Gasteiger partial charge in [0.2, 0.25) is 0 Å². The van der Waals surface area contributed by atoms with Crippen molar-refractivity contribution >= 4 is 93.3 Å². The van der Waals surface area contributed by atoms with E-state index in [1.54, 1.807) is 177 Å². The van der Waals surface area contributed by atoms with Gasteiger partial charge in [0.1, 0.15) is 23.0 Å². The van der Waals surface area contributed by atoms with Crippen LogP contribution in [0.5, 0.6) is 23.0 Å². The molecule has 1 aliphatic rings. The third-order valence-corrected chi connectivity index (χ3v) is 14.7. The molecule has 0 saturated heterocycles. The number of anilines is 3. The highest BCUT2D eigenvalue weighted by molar-refractivity contribution is 7.18. The number of amides is 3. The Hall–Kier alpha value is -8.99. The normalized spacial score (nSPS) is 13.9. The SMILES string of the molecule is CCN(C(=O)c1ccc(OC(=O)C2CCC(C(=O)Oc3ccc(OC)cc3/C=C/C(=O)c3ccc(Cl)s3)CC2)cc1)c1ccc(OC(=O)c2ccc(N(C)C(=O)c3ccc(C(=O)N(C)c4ccc(C(C)=O)cc4)cc3)cc2)cc1. The van der Waals surface area contributed by atoms with Gasteiger partial charge in [0.25, 0.3) is 17.7 Å². The van der Waals surface area contributed by atoms with Crippen LogP contribution in [0.2, 0.25) is 4.34 Å². The number of nitrogens with zero attached hydrogens (tertiary/aromatic N) is 3. The summed E-state index contributed by atoms with van der Waals surface area (Å²) in [5.74, 6) is -2.34. The van der Waals surface area contributed by atoms with Crippen LogP contribution in [0, 0.1) is 11.8 Å². The molecule has 7 aromatic rings. The summed E-state index contributed by atoms with van der Waals surface area (Å²) in [5.41, 5.74) is 4.02. The largest absolute Gasteiger partial charge is 0.497 e. The van der Waals surface area contributed by atoms with Crippen molar-refractivity contribution < 1.29 is 57.3 Å². The van der Waals surface area contributed by atoms with Gasteiger partial charge in [-0.05, 0) is 203 Å². The Labute approximate surface area is 465 Å². The molecule has 0 aliphatic heterocycles. The lowest BCUT2D eigenvalue weighted by atomic mass is 9.82. The first-order valence-corrected chi connectivity index (χ1v) is 26.4. The molecule has 1 heterocycles. The number of rotatable bonds is 18. The predicted molar refractivity (Wildman–Crippen MR) is 302 cm³/mol. The molecule has 0 atom stereocenters. The summed E-state index contributed by atoms with van der Waals surface area (Å²) in [5, 5.41) is 0. The zero-order valence-electron chi connectivity index (χ0n) is 43.8. The molecule has 17 heteroatoms. The average molecular weight is 1100 g/mol. The summed E-state index contributed by atoms with van der Waals surface area (Å²) in [6.45, 7) is 3.62. The highest BCUT2D eigenvalue weighted by Gasteiger charge is 2.33. The smallest absolute Gasteiger partial charge is 0.343 e. The van der Waals surface area contributed by atoms with Crippen LogP contribution >= 0.6 is 22.9 Å². The van der Waals surface area contributed by atoms with Crippen molar-refractivity contribution in [1.82, 2.24) is 0 Å². The van der Waals surface area contributed by atoms with Crippen molar-refractivity contribution in [2.75, 3.05) is 42.4 Å². The molecule has 15 nitrogen and oxygen atoms in total. The number of ether oxygens (including phenoxy) is 4. The van der Waals surface area contributed by atoms with Gasteiger partial charge in [-0.15, -0.1) is 11.3 Å². The van der Waals surface area contributed by atoms with E-state index in [2.05, 4.69) is 0 Å². The van der Waals surface area contributed by atoms with E-state index in [-0.39, 0.29) is 52.1 Å². The van der Waals surface area contributed by atoms with Gasteiger partial charge in [-0.2, -0.15) is 0 Å². The first-order valence-electron chi connectivity index (χ1n) is 25.2. The Morgan fingerprint density at radius 3 is 1.51 bits per heavy atom. The van der Waals surface area contributed by atoms with Gasteiger partial charge >= 0.3 is 17.9 Å². The van der Waals surface area contributed by atoms with Crippen LogP contribution in [0.25, 0.3) is 6.08 Å². The highest BCUT2D eigenvalue weighted by atomic mass is 35.5. The molecule has 0 bridgehead atoms. The maximum Gasteiger partial charge on any atom is 0.343 e. The van der Waals surface area contributed by atoms with E-state index in [1.165, 1.54) is 41.2 Å². The molecule has 8 rings (SSSR count). The molecule has 6 aromatic carbocycles. The van der Waals surface area contributed by atoms with Gasteiger partial charge in [-0.1, -0.05) is 11.6 Å². The zero-order valence-corrected chi connectivity index (χ0v) is 45.4. The van der Waals surface area contributed by atoms with Crippen molar-refractivity contribution in [3.05, 3.63) is 200 Å². The molecule has 402 valence electrons. The molecule has 1 fully saturated rings. The summed E-state index contributed by atoms with van der Waals surface area (Å²) < 4.78 is 23.0. The predicted octanol–water partition coefficient (Wildman–Crippen LogP) is 12.3. The minimum absolute atomic E-state index is 0.0720. The van der Waals surface area contributed by atoms with E-state index in [4.69, 9.17) is 30.5 Å². The Balaban J connectivity index is 0.788. The van der Waals surface area contributed by atoms with E-state index in [1.807, 2.05) is 6.92 Å². The van der Waals surface area contributed by atoms with Crippen LogP contribution in [-0.4, -0.2) is 74.9 Å². The summed E-state index contributed by atoms with van der Waals surface area (Å²) in [6.07, 6.45) is 4.59. The third kappa shape index (κ3) is 13.8. The minimum atomic E-state index is -0.632. The van der Waals surface area contributed by atoms with Crippen LogP contribution in [0.1, 0.15) is 107 Å². The number of hydrogen-bond donors (Lipinski definition) is 0. The van der Waals surface area contributed by atoms with E-state index in [0.29, 0.717) is 92.1 Å². The second-order valence-electron chi connectivity index (χ2n) is 18.5. The maximum atomic E-state index is 13.7. The van der Waals surface area contributed by atoms with E-state index < -0.39 is 29.7 Å². The van der Waals surface area contributed by atoms with Crippen LogP contribution in [0.15, 0.2) is 158 Å². The quantitative estimate of drug-likeness (QED) is 0.0343. The number of esters is 3. The van der Waals surface area contributed by atoms with Crippen LogP contribution in [0.4, 0.5) is 17.1 Å². The first-order chi connectivity index (χ1) is 38.0. The monoisotopic (exact) mass is 1100 g/mol. The van der Waals surface area contributed by atoms with Gasteiger partial charge in [-0.3, -0.25) is 33.6 Å². The van der Waals surface area contributed by atoms with E-state index in [9.17, 15) is 38.4 Å². The Morgan fingerprint density at radius 1 is 0.544 bits per heavy atom. The number of benzene rings is 6. The number of halogens is 1. The second kappa shape index (κ2) is 25.4. The molecule has 1 aromatic heterocycles. The minimum Gasteiger partial charge on any atom is -0.497 e. The van der Waals surface area contributed by atoms with Gasteiger partial charge < -0.3 is 33.6 Å². The first kappa shape index (κ1) is 56.2. The number of Topliss-reactive ketones (excluding diaryl/α,β-unsaturated/α-hetero) is 1. The summed E-state index contributed by atoms with van der Waals surface area (Å²) in [7, 11) is 4.74. The average Bonchev–Trinajstić information content (AvgIpc) is 3.95. The molecule has 1 aliphatic carbocycles. The fraction of sp³-hybridized carbons (Fsp3) is 0.194. The van der Waals surface area contributed by atoms with Crippen LogP contribution in [-0.2, 0) is 9.59 Å². The highest BCUT2D eigenvalue weighted by Crippen LogP contribution is 2.34. The van der Waals surface area contributed by atoms with Crippen molar-refractivity contribution in [3.63, 3.8) is 0 Å². The molecule has 0 radical (unpaired) electrons. The number of hydrogen-bond acceptors (Lipinski definition) is 13. The lowest BCUT2D eigenvalue weighted by Crippen LogP contribution is -2.31. The Morgan fingerprint density at radius 2 is 1.00 bits per heavy atom. The maximum absolute atomic E-state index is 13.7. The summed E-state index contributed by atoms with van der Waals surface area (Å²) in [4.78, 5) is 109. The second-order valence-corrected chi connectivity index (χ2v) is 20.2. The van der Waals surface area contributed by atoms with Crippen LogP contribution in [0.3, 0.4) is 0 Å². The zero-order chi connectivity index (χ0) is 56.3. The fourth-order valence-electron chi connectivity index (χ4n) is 8.77. The number of carbonyl (C=O) groups excluding carboxylic acids is 8. The van der Waals surface area contributed by atoms with E-state index in [0.717, 1.165) is 0 Å². The lowest BCUT2D eigenvalue weighted by Gasteiger charge is -2.26. The Bertz CT molecular complexity index is 3440. The number of allylic oxidation sites excluding steroid dienone is 1. The number of ketones is 2. The molecular formula is C62H54ClN3O12S. The molecule has 0 N–H and O–H groups in total. The number of thiophene rings is 1. The molecule has 3 amide bonds. The van der Waals surface area contributed by atoms with Gasteiger partial charge in [0.15, 0.2) is 11.6 Å². The van der Waals surface area contributed by atoms with Crippen molar-refractivity contribution in [1.29, 1.82) is 0 Å². The molecule has 1 saturated carbocycles. The van der Waals surface area contributed by atoms with Crippen molar-refractivity contribution in [2.24, 2.45) is 11.8 Å². The standard InChI is InChI=1S/C62H54ClN3O12S/c1-6-66(49-26-30-51(31-27-49)77-61(73)45-17-24-48(25-18-45)65(4)58(70)41-9-7-40(8-10-41)57(69)64(3)47-22-15-39(16-23-47)38(2)67)59(71)42-19-28-50(29-20-42)76-60(72)43-11-13-44(14-12-43)62(74)78-54-34-32-52(75-5)37-46(54)21-33-53(68)55-35-36-56(63)79-55/h7-10,15-37,43-44H,6,11-14H2,1-5H3/b33-21+. The fourth-order valence-corrected chi connectivity index (χ4v) is 9.73. The third-order valence-electron chi connectivity index (χ3n) is 13.4. The van der Waals surface area contributed by atoms with Crippen molar-refractivity contribution in [2.45, 2.75) is 39.5 Å².